The van der Waals surface area contributed by atoms with Gasteiger partial charge in [0.15, 0.2) is 0 Å². The van der Waals surface area contributed by atoms with Gasteiger partial charge in [0.25, 0.3) is 0 Å². The predicted octanol–water partition coefficient (Wildman–Crippen LogP) is 2.20. The first-order valence-corrected chi connectivity index (χ1v) is 9.19. The lowest BCUT2D eigenvalue weighted by molar-refractivity contribution is 0.0312. The summed E-state index contributed by atoms with van der Waals surface area (Å²) in [6.45, 7) is 7.24. The number of rotatable bonds is 3. The molecule has 122 valence electrons. The second kappa shape index (κ2) is 5.51. The van der Waals surface area contributed by atoms with Gasteiger partial charge in [0.2, 0.25) is 10.0 Å². The molecule has 5 nitrogen and oxygen atoms in total. The minimum Gasteiger partial charge on any atom is -0.486 e. The Kier molecular flexibility index (Phi) is 3.95. The van der Waals surface area contributed by atoms with Gasteiger partial charge in [0, 0.05) is 19.0 Å². The molecule has 0 unspecified atom stereocenters. The first-order valence-electron chi connectivity index (χ1n) is 7.75. The van der Waals surface area contributed by atoms with Crippen LogP contribution in [0, 0.1) is 0 Å². The van der Waals surface area contributed by atoms with Crippen molar-refractivity contribution in [3.8, 4) is 5.75 Å². The van der Waals surface area contributed by atoms with Gasteiger partial charge in [-0.3, -0.25) is 0 Å². The molecule has 1 fully saturated rings. The first kappa shape index (κ1) is 15.8. The highest BCUT2D eigenvalue weighted by atomic mass is 32.2. The number of sulfonamides is 1. The second-order valence-electron chi connectivity index (χ2n) is 6.54. The summed E-state index contributed by atoms with van der Waals surface area (Å²) in [5, 5.41) is 0. The number of para-hydroxylation sites is 1. The Morgan fingerprint density at radius 1 is 1.36 bits per heavy atom. The van der Waals surface area contributed by atoms with Crippen molar-refractivity contribution in [3.05, 3.63) is 23.8 Å². The summed E-state index contributed by atoms with van der Waals surface area (Å²) in [7, 11) is -3.57. The first-order chi connectivity index (χ1) is 10.3. The molecule has 1 aromatic rings. The van der Waals surface area contributed by atoms with E-state index in [1.54, 1.807) is 16.4 Å². The van der Waals surface area contributed by atoms with E-state index in [1.807, 2.05) is 26.8 Å². The third kappa shape index (κ3) is 2.64. The molecule has 1 aromatic carbocycles. The van der Waals surface area contributed by atoms with Gasteiger partial charge in [-0.1, -0.05) is 19.1 Å². The lowest BCUT2D eigenvalue weighted by Crippen LogP contribution is -2.48. The maximum absolute atomic E-state index is 13.1. The van der Waals surface area contributed by atoms with Gasteiger partial charge >= 0.3 is 0 Å². The molecule has 0 spiro atoms. The van der Waals surface area contributed by atoms with Gasteiger partial charge in [-0.25, -0.2) is 8.42 Å². The van der Waals surface area contributed by atoms with E-state index in [4.69, 9.17) is 9.47 Å². The Morgan fingerprint density at radius 2 is 2.14 bits per heavy atom. The Bertz CT molecular complexity index is 669. The Morgan fingerprint density at radius 3 is 2.86 bits per heavy atom. The molecule has 3 rings (SSSR count). The van der Waals surface area contributed by atoms with E-state index in [-0.39, 0.29) is 16.5 Å². The Balaban J connectivity index is 2.03. The molecule has 0 radical (unpaired) electrons. The molecule has 0 amide bonds. The predicted molar refractivity (Wildman–Crippen MR) is 83.6 cm³/mol. The number of morpholine rings is 1. The van der Waals surface area contributed by atoms with Crippen molar-refractivity contribution in [3.63, 3.8) is 0 Å². The van der Waals surface area contributed by atoms with Gasteiger partial charge in [-0.15, -0.1) is 0 Å². The van der Waals surface area contributed by atoms with E-state index < -0.39 is 10.0 Å². The zero-order valence-corrected chi connectivity index (χ0v) is 14.1. The average molecular weight is 325 g/mol. The maximum Gasteiger partial charge on any atom is 0.247 e. The van der Waals surface area contributed by atoms with Crippen LogP contribution in [-0.2, 0) is 21.2 Å². The van der Waals surface area contributed by atoms with Gasteiger partial charge < -0.3 is 9.47 Å². The maximum atomic E-state index is 13.1. The largest absolute Gasteiger partial charge is 0.486 e. The molecule has 2 heterocycles. The van der Waals surface area contributed by atoms with E-state index >= 15 is 0 Å². The topological polar surface area (TPSA) is 55.8 Å². The fourth-order valence-electron chi connectivity index (χ4n) is 3.19. The number of hydrogen-bond donors (Lipinski definition) is 0. The van der Waals surface area contributed by atoms with Crippen molar-refractivity contribution < 1.29 is 17.9 Å². The highest BCUT2D eigenvalue weighted by molar-refractivity contribution is 7.89. The van der Waals surface area contributed by atoms with Crippen LogP contribution >= 0.6 is 0 Å². The molecule has 22 heavy (non-hydrogen) atoms. The smallest absolute Gasteiger partial charge is 0.247 e. The normalized spacial score (nSPS) is 24.8. The van der Waals surface area contributed by atoms with Gasteiger partial charge in [0.1, 0.15) is 16.2 Å². The van der Waals surface area contributed by atoms with Crippen molar-refractivity contribution in [2.75, 3.05) is 19.8 Å². The summed E-state index contributed by atoms with van der Waals surface area (Å²) >= 11 is 0. The molecule has 0 aliphatic carbocycles. The quantitative estimate of drug-likeness (QED) is 0.855. The van der Waals surface area contributed by atoms with Crippen LogP contribution in [0.1, 0.15) is 32.8 Å². The summed E-state index contributed by atoms with van der Waals surface area (Å²) < 4.78 is 39.2. The van der Waals surface area contributed by atoms with Gasteiger partial charge in [0.05, 0.1) is 13.2 Å². The Hall–Kier alpha value is -1.11. The van der Waals surface area contributed by atoms with Crippen LogP contribution < -0.4 is 4.74 Å². The highest BCUT2D eigenvalue weighted by Gasteiger charge is 2.39. The van der Waals surface area contributed by atoms with E-state index in [0.29, 0.717) is 25.5 Å². The van der Waals surface area contributed by atoms with Gasteiger partial charge in [-0.05, 0) is 31.9 Å². The molecule has 0 saturated carbocycles. The molecule has 0 bridgehead atoms. The van der Waals surface area contributed by atoms with Crippen molar-refractivity contribution in [1.82, 2.24) is 4.31 Å². The number of nitrogens with zero attached hydrogens (tertiary/aromatic N) is 1. The van der Waals surface area contributed by atoms with Crippen molar-refractivity contribution in [2.24, 2.45) is 0 Å². The fraction of sp³-hybridized carbons (Fsp3) is 0.625. The number of ether oxygens (including phenoxy) is 2. The summed E-state index contributed by atoms with van der Waals surface area (Å²) in [6, 6.07) is 5.29. The van der Waals surface area contributed by atoms with Crippen LogP contribution in [0.25, 0.3) is 0 Å². The molecular weight excluding hydrogens is 302 g/mol. The van der Waals surface area contributed by atoms with Crippen molar-refractivity contribution >= 4 is 10.0 Å². The second-order valence-corrected chi connectivity index (χ2v) is 8.39. The minimum atomic E-state index is -3.57. The standard InChI is InChI=1S/C16H23NO4S/c1-4-13-11-20-9-8-17(13)22(18,19)14-7-5-6-12-10-16(2,3)21-15(12)14/h5-7,13H,4,8-11H2,1-3H3/t13-/m1/s1. The van der Waals surface area contributed by atoms with E-state index in [2.05, 4.69) is 0 Å². The minimum absolute atomic E-state index is 0.107. The summed E-state index contributed by atoms with van der Waals surface area (Å²) in [5.41, 5.74) is 0.607. The van der Waals surface area contributed by atoms with Gasteiger partial charge in [-0.2, -0.15) is 4.31 Å². The lowest BCUT2D eigenvalue weighted by Gasteiger charge is -2.34. The van der Waals surface area contributed by atoms with Crippen LogP contribution in [-0.4, -0.2) is 44.1 Å². The molecule has 2 aliphatic heterocycles. The Labute approximate surface area is 132 Å². The van der Waals surface area contributed by atoms with Crippen LogP contribution in [0.5, 0.6) is 5.75 Å². The third-order valence-corrected chi connectivity index (χ3v) is 6.26. The summed E-state index contributed by atoms with van der Waals surface area (Å²) in [4.78, 5) is 0.288. The molecular formula is C16H23NO4S. The molecule has 0 aromatic heterocycles. The van der Waals surface area contributed by atoms with E-state index in [9.17, 15) is 8.42 Å². The zero-order chi connectivity index (χ0) is 16.0. The fourth-order valence-corrected chi connectivity index (χ4v) is 5.02. The van der Waals surface area contributed by atoms with E-state index in [1.165, 1.54) is 0 Å². The van der Waals surface area contributed by atoms with Crippen LogP contribution in [0.15, 0.2) is 23.1 Å². The number of fused-ring (bicyclic) bond motifs is 1. The summed E-state index contributed by atoms with van der Waals surface area (Å²) in [6.07, 6.45) is 1.46. The molecule has 2 aliphatic rings. The number of benzene rings is 1. The van der Waals surface area contributed by atoms with E-state index in [0.717, 1.165) is 18.4 Å². The monoisotopic (exact) mass is 325 g/mol. The molecule has 1 saturated heterocycles. The summed E-state index contributed by atoms with van der Waals surface area (Å²) in [5.74, 6) is 0.522. The molecule has 6 heteroatoms. The lowest BCUT2D eigenvalue weighted by atomic mass is 10.0. The number of hydrogen-bond acceptors (Lipinski definition) is 4. The highest BCUT2D eigenvalue weighted by Crippen LogP contribution is 2.41. The van der Waals surface area contributed by atoms with Crippen LogP contribution in [0.2, 0.25) is 0 Å². The average Bonchev–Trinajstić information content (AvgIpc) is 2.80. The third-order valence-electron chi connectivity index (χ3n) is 4.29. The molecule has 0 N–H and O–H groups in total. The van der Waals surface area contributed by atoms with Crippen LogP contribution in [0.3, 0.4) is 0 Å². The van der Waals surface area contributed by atoms with Crippen molar-refractivity contribution in [2.45, 2.75) is 50.2 Å². The zero-order valence-electron chi connectivity index (χ0n) is 13.3. The molecule has 1 atom stereocenters. The van der Waals surface area contributed by atoms with Crippen molar-refractivity contribution in [1.29, 1.82) is 0 Å². The SMILES string of the molecule is CC[C@@H]1COCCN1S(=O)(=O)c1cccc2c1OC(C)(C)C2. The van der Waals surface area contributed by atoms with Crippen LogP contribution in [0.4, 0.5) is 0 Å².